The Morgan fingerprint density at radius 1 is 0.900 bits per heavy atom. The van der Waals surface area contributed by atoms with Crippen LogP contribution in [0.1, 0.15) is 26.4 Å². The first-order valence-electron chi connectivity index (χ1n) is 8.99. The highest BCUT2D eigenvalue weighted by Gasteiger charge is 2.13. The monoisotopic (exact) mass is 404 g/mol. The van der Waals surface area contributed by atoms with E-state index in [9.17, 15) is 19.2 Å². The van der Waals surface area contributed by atoms with Crippen molar-refractivity contribution in [3.05, 3.63) is 98.4 Å². The minimum atomic E-state index is -0.631. The summed E-state index contributed by atoms with van der Waals surface area (Å²) in [6.45, 7) is 0.198. The van der Waals surface area contributed by atoms with Crippen LogP contribution in [0.3, 0.4) is 0 Å². The first kappa shape index (κ1) is 18.9. The molecule has 0 radical (unpaired) electrons. The molecule has 0 saturated carbocycles. The van der Waals surface area contributed by atoms with Gasteiger partial charge in [0.1, 0.15) is 5.69 Å². The van der Waals surface area contributed by atoms with Crippen LogP contribution >= 0.6 is 0 Å². The lowest BCUT2D eigenvalue weighted by atomic mass is 10.1. The highest BCUT2D eigenvalue weighted by molar-refractivity contribution is 6.04. The molecule has 2 aromatic carbocycles. The van der Waals surface area contributed by atoms with E-state index in [0.29, 0.717) is 16.8 Å². The van der Waals surface area contributed by atoms with Gasteiger partial charge in [-0.15, -0.1) is 0 Å². The van der Waals surface area contributed by atoms with Gasteiger partial charge in [0.15, 0.2) is 5.58 Å². The maximum atomic E-state index is 12.5. The number of amides is 2. The normalized spacial score (nSPS) is 10.7. The molecule has 150 valence electrons. The number of hydrogen-bond donors (Lipinski definition) is 4. The summed E-state index contributed by atoms with van der Waals surface area (Å²) in [6, 6.07) is 16.0. The molecule has 0 saturated heterocycles. The maximum absolute atomic E-state index is 12.5. The van der Waals surface area contributed by atoms with Gasteiger partial charge in [0.25, 0.3) is 11.8 Å². The molecule has 4 aromatic rings. The summed E-state index contributed by atoms with van der Waals surface area (Å²) in [7, 11) is 0. The zero-order chi connectivity index (χ0) is 21.1. The van der Waals surface area contributed by atoms with Crippen molar-refractivity contribution in [3.63, 3.8) is 0 Å². The van der Waals surface area contributed by atoms with Crippen molar-refractivity contribution in [2.75, 3.05) is 5.32 Å². The predicted molar refractivity (Wildman–Crippen MR) is 109 cm³/mol. The van der Waals surface area contributed by atoms with Crippen LogP contribution in [0.2, 0.25) is 0 Å². The minimum absolute atomic E-state index is 0.142. The van der Waals surface area contributed by atoms with Crippen molar-refractivity contribution < 1.29 is 14.0 Å². The Balaban J connectivity index is 1.45. The molecular formula is C21H16N4O5. The summed E-state index contributed by atoms with van der Waals surface area (Å²) in [6.07, 6.45) is 0. The number of rotatable bonds is 5. The number of oxazole rings is 1. The van der Waals surface area contributed by atoms with Gasteiger partial charge in [0, 0.05) is 18.3 Å². The molecule has 2 aromatic heterocycles. The molecule has 0 spiro atoms. The number of H-pyrrole nitrogens is 2. The van der Waals surface area contributed by atoms with E-state index < -0.39 is 11.7 Å². The van der Waals surface area contributed by atoms with Gasteiger partial charge in [-0.3, -0.25) is 19.4 Å². The second kappa shape index (κ2) is 7.92. The summed E-state index contributed by atoms with van der Waals surface area (Å²) in [5, 5.41) is 5.47. The molecule has 0 aliphatic heterocycles. The van der Waals surface area contributed by atoms with E-state index in [1.807, 2.05) is 0 Å². The number of aromatic nitrogens is 2. The molecule has 9 nitrogen and oxygen atoms in total. The Bertz CT molecular complexity index is 1370. The summed E-state index contributed by atoms with van der Waals surface area (Å²) < 4.78 is 4.96. The number of carbonyl (C=O) groups excluding carboxylic acids is 2. The Morgan fingerprint density at radius 3 is 2.53 bits per heavy atom. The van der Waals surface area contributed by atoms with Gasteiger partial charge >= 0.3 is 5.76 Å². The molecule has 9 heteroatoms. The van der Waals surface area contributed by atoms with E-state index in [0.717, 1.165) is 5.56 Å². The SMILES string of the molecule is O=C(Nc1cccc(CNC(=O)c2cccc3oc(=O)[nH]c23)c1)c1cccc(=O)[nH]1. The molecule has 30 heavy (non-hydrogen) atoms. The molecule has 4 rings (SSSR count). The maximum Gasteiger partial charge on any atom is 0.417 e. The first-order valence-corrected chi connectivity index (χ1v) is 8.99. The zero-order valence-corrected chi connectivity index (χ0v) is 15.5. The number of benzene rings is 2. The quantitative estimate of drug-likeness (QED) is 0.403. The summed E-state index contributed by atoms with van der Waals surface area (Å²) in [5.41, 5.74) is 1.95. The molecule has 0 unspecified atom stereocenters. The van der Waals surface area contributed by atoms with Crippen LogP contribution in [0.4, 0.5) is 5.69 Å². The fourth-order valence-corrected chi connectivity index (χ4v) is 2.98. The molecular weight excluding hydrogens is 388 g/mol. The molecule has 0 aliphatic rings. The number of nitrogens with one attached hydrogen (secondary N) is 4. The average molecular weight is 404 g/mol. The third kappa shape index (κ3) is 4.04. The van der Waals surface area contributed by atoms with Gasteiger partial charge in [0.05, 0.1) is 11.1 Å². The summed E-state index contributed by atoms with van der Waals surface area (Å²) in [4.78, 5) is 52.5. The fraction of sp³-hybridized carbons (Fsp3) is 0.0476. The number of carbonyl (C=O) groups is 2. The highest BCUT2D eigenvalue weighted by Crippen LogP contribution is 2.16. The number of fused-ring (bicyclic) bond motifs is 1. The Labute approximate surface area is 168 Å². The molecule has 0 atom stereocenters. The van der Waals surface area contributed by atoms with E-state index in [-0.39, 0.29) is 29.3 Å². The molecule has 2 amide bonds. The fourth-order valence-electron chi connectivity index (χ4n) is 2.98. The summed E-state index contributed by atoms with van der Waals surface area (Å²) in [5.74, 6) is -1.47. The number of aromatic amines is 2. The minimum Gasteiger partial charge on any atom is -0.408 e. The molecule has 0 fully saturated rings. The number of para-hydroxylation sites is 1. The zero-order valence-electron chi connectivity index (χ0n) is 15.5. The van der Waals surface area contributed by atoms with Crippen LogP contribution in [-0.4, -0.2) is 21.8 Å². The lowest BCUT2D eigenvalue weighted by molar-refractivity contribution is 0.0951. The molecule has 0 aliphatic carbocycles. The average Bonchev–Trinajstić information content (AvgIpc) is 3.12. The molecule has 2 heterocycles. The van der Waals surface area contributed by atoms with Gasteiger partial charge in [-0.05, 0) is 35.9 Å². The lowest BCUT2D eigenvalue weighted by Gasteiger charge is -2.09. The first-order chi connectivity index (χ1) is 14.5. The Morgan fingerprint density at radius 2 is 1.70 bits per heavy atom. The van der Waals surface area contributed by atoms with E-state index in [1.165, 1.54) is 18.2 Å². The van der Waals surface area contributed by atoms with Crippen molar-refractivity contribution in [2.45, 2.75) is 6.54 Å². The molecule has 0 bridgehead atoms. The largest absolute Gasteiger partial charge is 0.417 e. The second-order valence-corrected chi connectivity index (χ2v) is 6.46. The van der Waals surface area contributed by atoms with Gasteiger partial charge in [-0.1, -0.05) is 24.3 Å². The van der Waals surface area contributed by atoms with E-state index in [4.69, 9.17) is 4.42 Å². The van der Waals surface area contributed by atoms with Crippen LogP contribution in [0.15, 0.2) is 74.7 Å². The third-order valence-corrected chi connectivity index (χ3v) is 4.35. The second-order valence-electron chi connectivity index (χ2n) is 6.46. The van der Waals surface area contributed by atoms with Gasteiger partial charge in [-0.25, -0.2) is 4.79 Å². The van der Waals surface area contributed by atoms with Gasteiger partial charge in [0.2, 0.25) is 5.56 Å². The van der Waals surface area contributed by atoms with E-state index in [2.05, 4.69) is 20.6 Å². The Kier molecular flexibility index (Phi) is 5.00. The van der Waals surface area contributed by atoms with Crippen LogP contribution in [0, 0.1) is 0 Å². The number of pyridine rings is 1. The van der Waals surface area contributed by atoms with Crippen LogP contribution in [0.25, 0.3) is 11.1 Å². The smallest absolute Gasteiger partial charge is 0.408 e. The number of anilines is 1. The molecule has 4 N–H and O–H groups in total. The summed E-state index contributed by atoms with van der Waals surface area (Å²) >= 11 is 0. The third-order valence-electron chi connectivity index (χ3n) is 4.35. The van der Waals surface area contributed by atoms with Gasteiger partial charge < -0.3 is 20.0 Å². The van der Waals surface area contributed by atoms with Crippen molar-refractivity contribution in [2.24, 2.45) is 0 Å². The van der Waals surface area contributed by atoms with Gasteiger partial charge in [-0.2, -0.15) is 0 Å². The van der Waals surface area contributed by atoms with Crippen LogP contribution in [-0.2, 0) is 6.54 Å². The van der Waals surface area contributed by atoms with E-state index in [1.54, 1.807) is 42.5 Å². The van der Waals surface area contributed by atoms with Crippen molar-refractivity contribution in [1.82, 2.24) is 15.3 Å². The van der Waals surface area contributed by atoms with Crippen molar-refractivity contribution >= 4 is 28.6 Å². The van der Waals surface area contributed by atoms with Crippen molar-refractivity contribution in [1.29, 1.82) is 0 Å². The Hall–Kier alpha value is -4.40. The topological polar surface area (TPSA) is 137 Å². The van der Waals surface area contributed by atoms with Crippen molar-refractivity contribution in [3.8, 4) is 0 Å². The standard InChI is InChI=1S/C21H16N4O5/c26-17-9-3-7-15(24-17)20(28)23-13-5-1-4-12(10-13)11-22-19(27)14-6-2-8-16-18(14)25-21(29)30-16/h1-10H,11H2,(H,22,27)(H,23,28)(H,24,26)(H,25,29). The predicted octanol–water partition coefficient (Wildman–Crippen LogP) is 1.99. The highest BCUT2D eigenvalue weighted by atomic mass is 16.4. The lowest BCUT2D eigenvalue weighted by Crippen LogP contribution is -2.23. The number of hydrogen-bond acceptors (Lipinski definition) is 5. The van der Waals surface area contributed by atoms with Crippen LogP contribution in [0.5, 0.6) is 0 Å². The van der Waals surface area contributed by atoms with Crippen LogP contribution < -0.4 is 21.9 Å². The van der Waals surface area contributed by atoms with E-state index >= 15 is 0 Å².